The summed E-state index contributed by atoms with van der Waals surface area (Å²) in [6.07, 6.45) is 1.54. The topological polar surface area (TPSA) is 86.9 Å². The zero-order valence-electron chi connectivity index (χ0n) is 11.3. The van der Waals surface area contributed by atoms with Crippen molar-refractivity contribution in [3.05, 3.63) is 0 Å². The van der Waals surface area contributed by atoms with Gasteiger partial charge in [0.1, 0.15) is 0 Å². The molecule has 0 aromatic rings. The van der Waals surface area contributed by atoms with Crippen LogP contribution in [0.3, 0.4) is 0 Å². The molecule has 3 N–H and O–H groups in total. The van der Waals surface area contributed by atoms with Crippen LogP contribution >= 0.6 is 0 Å². The maximum Gasteiger partial charge on any atom is 0.314 e. The molecule has 1 heterocycles. The SMILES string of the molecule is CN(C(=O)C1CCCN(C(N)=O)C1)C(C)(C)CO. The molecular formula is C12H23N3O3. The molecule has 0 aromatic carbocycles. The zero-order chi connectivity index (χ0) is 13.9. The highest BCUT2D eigenvalue weighted by Crippen LogP contribution is 2.22. The summed E-state index contributed by atoms with van der Waals surface area (Å²) >= 11 is 0. The Morgan fingerprint density at radius 1 is 1.50 bits per heavy atom. The molecule has 104 valence electrons. The van der Waals surface area contributed by atoms with Crippen molar-refractivity contribution in [3.8, 4) is 0 Å². The fourth-order valence-corrected chi connectivity index (χ4v) is 2.06. The third-order valence-electron chi connectivity index (χ3n) is 3.71. The minimum absolute atomic E-state index is 0.0417. The van der Waals surface area contributed by atoms with Gasteiger partial charge in [-0.1, -0.05) is 0 Å². The molecule has 0 saturated carbocycles. The highest BCUT2D eigenvalue weighted by Gasteiger charge is 2.34. The lowest BCUT2D eigenvalue weighted by atomic mass is 9.94. The number of carbonyl (C=O) groups excluding carboxylic acids is 2. The van der Waals surface area contributed by atoms with Gasteiger partial charge >= 0.3 is 6.03 Å². The Morgan fingerprint density at radius 2 is 2.11 bits per heavy atom. The van der Waals surface area contributed by atoms with E-state index < -0.39 is 11.6 Å². The van der Waals surface area contributed by atoms with Crippen molar-refractivity contribution >= 4 is 11.9 Å². The number of aliphatic hydroxyl groups excluding tert-OH is 1. The van der Waals surface area contributed by atoms with Crippen LogP contribution in [0.4, 0.5) is 4.79 Å². The molecule has 1 unspecified atom stereocenters. The maximum atomic E-state index is 12.3. The molecule has 18 heavy (non-hydrogen) atoms. The summed E-state index contributed by atoms with van der Waals surface area (Å²) in [4.78, 5) is 26.5. The molecule has 3 amide bonds. The lowest BCUT2D eigenvalue weighted by Gasteiger charge is -2.39. The molecule has 6 nitrogen and oxygen atoms in total. The van der Waals surface area contributed by atoms with Crippen LogP contribution in [0, 0.1) is 5.92 Å². The van der Waals surface area contributed by atoms with Crippen LogP contribution in [0.15, 0.2) is 0 Å². The monoisotopic (exact) mass is 257 g/mol. The first-order valence-corrected chi connectivity index (χ1v) is 6.22. The number of aliphatic hydroxyl groups is 1. The number of likely N-dealkylation sites (N-methyl/N-ethyl adjacent to an activating group) is 1. The Labute approximate surface area is 108 Å². The second-order valence-electron chi connectivity index (χ2n) is 5.49. The molecular weight excluding hydrogens is 234 g/mol. The van der Waals surface area contributed by atoms with E-state index in [1.165, 1.54) is 4.90 Å². The molecule has 0 aromatic heterocycles. The summed E-state index contributed by atoms with van der Waals surface area (Å²) in [5, 5.41) is 9.27. The van der Waals surface area contributed by atoms with E-state index in [2.05, 4.69) is 0 Å². The number of piperidine rings is 1. The molecule has 1 atom stereocenters. The van der Waals surface area contributed by atoms with Crippen molar-refractivity contribution in [2.45, 2.75) is 32.2 Å². The fourth-order valence-electron chi connectivity index (χ4n) is 2.06. The number of hydrogen-bond acceptors (Lipinski definition) is 3. The number of likely N-dealkylation sites (tertiary alicyclic amines) is 1. The van der Waals surface area contributed by atoms with Gasteiger partial charge in [0.2, 0.25) is 5.91 Å². The largest absolute Gasteiger partial charge is 0.394 e. The normalized spacial score (nSPS) is 20.7. The molecule has 1 saturated heterocycles. The number of carbonyl (C=O) groups is 2. The first-order chi connectivity index (χ1) is 8.29. The van der Waals surface area contributed by atoms with Crippen LogP contribution < -0.4 is 5.73 Å². The minimum Gasteiger partial charge on any atom is -0.394 e. The third-order valence-corrected chi connectivity index (χ3v) is 3.71. The second-order valence-corrected chi connectivity index (χ2v) is 5.49. The molecule has 1 fully saturated rings. The molecule has 1 rings (SSSR count). The first-order valence-electron chi connectivity index (χ1n) is 6.22. The van der Waals surface area contributed by atoms with Gasteiger partial charge in [0.15, 0.2) is 0 Å². The van der Waals surface area contributed by atoms with Crippen LogP contribution in [0.5, 0.6) is 0 Å². The van der Waals surface area contributed by atoms with Crippen LogP contribution in [0.1, 0.15) is 26.7 Å². The van der Waals surface area contributed by atoms with Crippen LogP contribution in [0.2, 0.25) is 0 Å². The van der Waals surface area contributed by atoms with Gasteiger partial charge in [-0.05, 0) is 26.7 Å². The summed E-state index contributed by atoms with van der Waals surface area (Å²) in [6.45, 7) is 4.51. The predicted molar refractivity (Wildman–Crippen MR) is 67.8 cm³/mol. The Hall–Kier alpha value is -1.30. The van der Waals surface area contributed by atoms with Gasteiger partial charge in [-0.25, -0.2) is 4.79 Å². The van der Waals surface area contributed by atoms with Crippen molar-refractivity contribution in [3.63, 3.8) is 0 Å². The molecule has 1 aliphatic rings. The van der Waals surface area contributed by atoms with Gasteiger partial charge in [0.05, 0.1) is 18.1 Å². The minimum atomic E-state index is -0.591. The van der Waals surface area contributed by atoms with Gasteiger partial charge in [0.25, 0.3) is 0 Å². The van der Waals surface area contributed by atoms with E-state index in [-0.39, 0.29) is 18.4 Å². The van der Waals surface area contributed by atoms with Crippen molar-refractivity contribution in [1.82, 2.24) is 9.80 Å². The van der Waals surface area contributed by atoms with Gasteiger partial charge in [-0.2, -0.15) is 0 Å². The van der Waals surface area contributed by atoms with E-state index in [0.717, 1.165) is 12.8 Å². The van der Waals surface area contributed by atoms with E-state index in [1.807, 2.05) is 0 Å². The number of nitrogens with two attached hydrogens (primary N) is 1. The third kappa shape index (κ3) is 3.13. The van der Waals surface area contributed by atoms with Gasteiger partial charge < -0.3 is 20.6 Å². The molecule has 0 aliphatic carbocycles. The van der Waals surface area contributed by atoms with Gasteiger partial charge in [0, 0.05) is 20.1 Å². The standard InChI is InChI=1S/C12H23N3O3/c1-12(2,8-16)14(3)10(17)9-5-4-6-15(7-9)11(13)18/h9,16H,4-8H2,1-3H3,(H2,13,18). The Kier molecular flexibility index (Phi) is 4.56. The van der Waals surface area contributed by atoms with Crippen molar-refractivity contribution in [2.24, 2.45) is 11.7 Å². The summed E-state index contributed by atoms with van der Waals surface area (Å²) in [6, 6.07) is -0.475. The average Bonchev–Trinajstić information content (AvgIpc) is 2.37. The quantitative estimate of drug-likeness (QED) is 0.746. The van der Waals surface area contributed by atoms with Crippen molar-refractivity contribution in [2.75, 3.05) is 26.7 Å². The first kappa shape index (κ1) is 14.8. The highest BCUT2D eigenvalue weighted by molar-refractivity contribution is 5.81. The lowest BCUT2D eigenvalue weighted by molar-refractivity contribution is -0.141. The summed E-state index contributed by atoms with van der Waals surface area (Å²) < 4.78 is 0. The van der Waals surface area contributed by atoms with E-state index in [4.69, 9.17) is 5.73 Å². The Balaban J connectivity index is 2.69. The fraction of sp³-hybridized carbons (Fsp3) is 0.833. The number of rotatable bonds is 3. The summed E-state index contributed by atoms with van der Waals surface area (Å²) in [5.41, 5.74) is 4.65. The second kappa shape index (κ2) is 5.56. The molecule has 0 bridgehead atoms. The number of nitrogens with zero attached hydrogens (tertiary/aromatic N) is 2. The van der Waals surface area contributed by atoms with E-state index >= 15 is 0 Å². The smallest absolute Gasteiger partial charge is 0.314 e. The zero-order valence-corrected chi connectivity index (χ0v) is 11.3. The number of urea groups is 1. The molecule has 0 spiro atoms. The lowest BCUT2D eigenvalue weighted by Crippen LogP contribution is -2.53. The van der Waals surface area contributed by atoms with E-state index in [9.17, 15) is 14.7 Å². The van der Waals surface area contributed by atoms with Crippen LogP contribution in [-0.4, -0.2) is 59.1 Å². The van der Waals surface area contributed by atoms with Gasteiger partial charge in [-0.15, -0.1) is 0 Å². The molecule has 0 radical (unpaired) electrons. The Morgan fingerprint density at radius 3 is 2.61 bits per heavy atom. The van der Waals surface area contributed by atoms with Crippen molar-refractivity contribution in [1.29, 1.82) is 0 Å². The maximum absolute atomic E-state index is 12.3. The molecule has 1 aliphatic heterocycles. The predicted octanol–water partition coefficient (Wildman–Crippen LogP) is 0.00640. The highest BCUT2D eigenvalue weighted by atomic mass is 16.3. The van der Waals surface area contributed by atoms with E-state index in [0.29, 0.717) is 13.1 Å². The Bertz CT molecular complexity index is 331. The average molecular weight is 257 g/mol. The number of amides is 3. The van der Waals surface area contributed by atoms with Crippen LogP contribution in [-0.2, 0) is 4.79 Å². The number of primary amides is 1. The van der Waals surface area contributed by atoms with Crippen molar-refractivity contribution < 1.29 is 14.7 Å². The summed E-state index contributed by atoms with van der Waals surface area (Å²) in [7, 11) is 1.68. The van der Waals surface area contributed by atoms with Gasteiger partial charge in [-0.3, -0.25) is 4.79 Å². The van der Waals surface area contributed by atoms with Crippen LogP contribution in [0.25, 0.3) is 0 Å². The van der Waals surface area contributed by atoms with E-state index in [1.54, 1.807) is 25.8 Å². The molecule has 6 heteroatoms. The summed E-state index contributed by atoms with van der Waals surface area (Å²) in [5.74, 6) is -0.262. The number of hydrogen-bond donors (Lipinski definition) is 2.